The Morgan fingerprint density at radius 1 is 1.18 bits per heavy atom. The van der Waals surface area contributed by atoms with E-state index in [1.54, 1.807) is 0 Å². The van der Waals surface area contributed by atoms with Crippen LogP contribution < -0.4 is 11.1 Å². The van der Waals surface area contributed by atoms with Crippen molar-refractivity contribution in [3.05, 3.63) is 36.4 Å². The first-order valence-electron chi connectivity index (χ1n) is 5.75. The van der Waals surface area contributed by atoms with Crippen LogP contribution in [0.5, 0.6) is 0 Å². The molecule has 0 amide bonds. The second kappa shape index (κ2) is 3.70. The van der Waals surface area contributed by atoms with Crippen LogP contribution in [0.15, 0.2) is 40.8 Å². The average molecular weight is 226 g/mol. The maximum Gasteiger partial charge on any atom is 0.160 e. The normalized spacial score (nSPS) is 11.1. The van der Waals surface area contributed by atoms with Gasteiger partial charge in [-0.25, -0.2) is 0 Å². The first kappa shape index (κ1) is 10.0. The molecule has 0 saturated carbocycles. The van der Waals surface area contributed by atoms with Gasteiger partial charge in [0.1, 0.15) is 5.58 Å². The number of rotatable bonds is 2. The quantitative estimate of drug-likeness (QED) is 0.656. The van der Waals surface area contributed by atoms with E-state index in [0.29, 0.717) is 0 Å². The molecule has 0 atom stereocenters. The minimum atomic E-state index is 0.756. The third-order valence-electron chi connectivity index (χ3n) is 2.93. The zero-order chi connectivity index (χ0) is 11.8. The van der Waals surface area contributed by atoms with Crippen LogP contribution in [0.2, 0.25) is 0 Å². The van der Waals surface area contributed by atoms with Gasteiger partial charge in [-0.1, -0.05) is 18.2 Å². The number of para-hydroxylation sites is 1. The minimum Gasteiger partial charge on any atom is -0.454 e. The monoisotopic (exact) mass is 226 g/mol. The standard InChI is InChI=1S/C14H14N2O/c1-2-16-11-8-7-10(15)13-9-5-3-4-6-12(9)17-14(11)13/h3-8,16H,2,15H2,1H3. The maximum absolute atomic E-state index is 6.04. The molecule has 3 heteroatoms. The highest BCUT2D eigenvalue weighted by Gasteiger charge is 2.12. The maximum atomic E-state index is 6.04. The fraction of sp³-hybridized carbons (Fsp3) is 0.143. The molecule has 0 spiro atoms. The summed E-state index contributed by atoms with van der Waals surface area (Å²) in [6.45, 7) is 2.92. The summed E-state index contributed by atoms with van der Waals surface area (Å²) in [7, 11) is 0. The molecule has 0 fully saturated rings. The number of anilines is 2. The van der Waals surface area contributed by atoms with Crippen LogP contribution in [-0.2, 0) is 0 Å². The minimum absolute atomic E-state index is 0.756. The topological polar surface area (TPSA) is 51.2 Å². The number of hydrogen-bond acceptors (Lipinski definition) is 3. The van der Waals surface area contributed by atoms with E-state index in [1.165, 1.54) is 0 Å². The molecule has 1 aromatic heterocycles. The Morgan fingerprint density at radius 3 is 2.82 bits per heavy atom. The van der Waals surface area contributed by atoms with Gasteiger partial charge in [-0.2, -0.15) is 0 Å². The van der Waals surface area contributed by atoms with Crippen LogP contribution in [0.1, 0.15) is 6.92 Å². The van der Waals surface area contributed by atoms with Gasteiger partial charge in [0, 0.05) is 17.6 Å². The molecule has 0 saturated heterocycles. The largest absolute Gasteiger partial charge is 0.454 e. The number of benzene rings is 2. The van der Waals surface area contributed by atoms with Crippen LogP contribution in [0.25, 0.3) is 21.9 Å². The van der Waals surface area contributed by atoms with E-state index >= 15 is 0 Å². The molecule has 0 bridgehead atoms. The summed E-state index contributed by atoms with van der Waals surface area (Å²) >= 11 is 0. The molecule has 0 aliphatic heterocycles. The summed E-state index contributed by atoms with van der Waals surface area (Å²) in [6, 6.07) is 11.8. The van der Waals surface area contributed by atoms with E-state index in [0.717, 1.165) is 39.9 Å². The number of hydrogen-bond donors (Lipinski definition) is 2. The van der Waals surface area contributed by atoms with E-state index in [4.69, 9.17) is 10.2 Å². The van der Waals surface area contributed by atoms with Crippen LogP contribution in [0, 0.1) is 0 Å². The van der Waals surface area contributed by atoms with E-state index in [-0.39, 0.29) is 0 Å². The molecule has 3 aromatic rings. The van der Waals surface area contributed by atoms with E-state index < -0.39 is 0 Å². The van der Waals surface area contributed by atoms with Gasteiger partial charge in [-0.3, -0.25) is 0 Å². The highest BCUT2D eigenvalue weighted by molar-refractivity contribution is 6.14. The molecule has 0 aliphatic carbocycles. The Hall–Kier alpha value is -2.16. The van der Waals surface area contributed by atoms with Crippen molar-refractivity contribution in [3.63, 3.8) is 0 Å². The van der Waals surface area contributed by atoms with E-state index in [9.17, 15) is 0 Å². The van der Waals surface area contributed by atoms with Crippen molar-refractivity contribution in [3.8, 4) is 0 Å². The highest BCUT2D eigenvalue weighted by Crippen LogP contribution is 2.36. The molecule has 3 N–H and O–H groups in total. The van der Waals surface area contributed by atoms with Gasteiger partial charge >= 0.3 is 0 Å². The Balaban J connectivity index is 2.45. The van der Waals surface area contributed by atoms with E-state index in [2.05, 4.69) is 12.2 Å². The smallest absolute Gasteiger partial charge is 0.160 e. The molecule has 17 heavy (non-hydrogen) atoms. The van der Waals surface area contributed by atoms with Crippen LogP contribution in [0.4, 0.5) is 11.4 Å². The van der Waals surface area contributed by atoms with Gasteiger partial charge in [0.25, 0.3) is 0 Å². The predicted octanol–water partition coefficient (Wildman–Crippen LogP) is 3.60. The summed E-state index contributed by atoms with van der Waals surface area (Å²) in [4.78, 5) is 0. The highest BCUT2D eigenvalue weighted by atomic mass is 16.3. The van der Waals surface area contributed by atoms with Crippen molar-refractivity contribution in [1.82, 2.24) is 0 Å². The molecule has 3 rings (SSSR count). The first-order valence-corrected chi connectivity index (χ1v) is 5.75. The summed E-state index contributed by atoms with van der Waals surface area (Å²) in [5, 5.41) is 5.36. The Kier molecular flexibility index (Phi) is 2.18. The Bertz CT molecular complexity index is 685. The van der Waals surface area contributed by atoms with Gasteiger partial charge in [-0.05, 0) is 25.1 Å². The molecule has 0 unspecified atom stereocenters. The van der Waals surface area contributed by atoms with Crippen molar-refractivity contribution in [2.45, 2.75) is 6.92 Å². The summed E-state index contributed by atoms with van der Waals surface area (Å²) in [6.07, 6.45) is 0. The van der Waals surface area contributed by atoms with Crippen molar-refractivity contribution in [2.24, 2.45) is 0 Å². The molecule has 1 heterocycles. The fourth-order valence-corrected chi connectivity index (χ4v) is 2.18. The molecule has 0 radical (unpaired) electrons. The summed E-state index contributed by atoms with van der Waals surface area (Å²) < 4.78 is 5.87. The fourth-order valence-electron chi connectivity index (χ4n) is 2.18. The second-order valence-electron chi connectivity index (χ2n) is 4.04. The molecule has 0 aliphatic rings. The van der Waals surface area contributed by atoms with Crippen LogP contribution in [-0.4, -0.2) is 6.54 Å². The van der Waals surface area contributed by atoms with Crippen molar-refractivity contribution in [2.75, 3.05) is 17.6 Å². The Morgan fingerprint density at radius 2 is 2.00 bits per heavy atom. The number of nitrogens with two attached hydrogens (primary N) is 1. The zero-order valence-electron chi connectivity index (χ0n) is 9.66. The van der Waals surface area contributed by atoms with Crippen molar-refractivity contribution < 1.29 is 4.42 Å². The third-order valence-corrected chi connectivity index (χ3v) is 2.93. The van der Waals surface area contributed by atoms with Gasteiger partial charge in [-0.15, -0.1) is 0 Å². The molecular formula is C14H14N2O. The second-order valence-corrected chi connectivity index (χ2v) is 4.04. The molecule has 3 nitrogen and oxygen atoms in total. The first-order chi connectivity index (χ1) is 8.31. The number of nitrogen functional groups attached to an aromatic ring is 1. The number of fused-ring (bicyclic) bond motifs is 3. The third kappa shape index (κ3) is 1.43. The molecule has 2 aromatic carbocycles. The van der Waals surface area contributed by atoms with Gasteiger partial charge in [0.05, 0.1) is 11.1 Å². The zero-order valence-corrected chi connectivity index (χ0v) is 9.66. The van der Waals surface area contributed by atoms with Crippen molar-refractivity contribution in [1.29, 1.82) is 0 Å². The average Bonchev–Trinajstić information content (AvgIpc) is 2.73. The molecular weight excluding hydrogens is 212 g/mol. The van der Waals surface area contributed by atoms with Crippen LogP contribution >= 0.6 is 0 Å². The van der Waals surface area contributed by atoms with Gasteiger partial charge in [0.2, 0.25) is 0 Å². The number of furan rings is 1. The van der Waals surface area contributed by atoms with E-state index in [1.807, 2.05) is 36.4 Å². The Labute approximate surface area is 99.2 Å². The lowest BCUT2D eigenvalue weighted by Gasteiger charge is -2.04. The number of nitrogens with one attached hydrogen (secondary N) is 1. The lowest BCUT2D eigenvalue weighted by atomic mass is 10.1. The lowest BCUT2D eigenvalue weighted by molar-refractivity contribution is 0.670. The SMILES string of the molecule is CCNc1ccc(N)c2c1oc1ccccc12. The molecule has 86 valence electrons. The summed E-state index contributed by atoms with van der Waals surface area (Å²) in [5.74, 6) is 0. The van der Waals surface area contributed by atoms with Crippen LogP contribution in [0.3, 0.4) is 0 Å². The van der Waals surface area contributed by atoms with Gasteiger partial charge < -0.3 is 15.5 Å². The predicted molar refractivity (Wildman–Crippen MR) is 72.3 cm³/mol. The van der Waals surface area contributed by atoms with Gasteiger partial charge in [0.15, 0.2) is 5.58 Å². The summed E-state index contributed by atoms with van der Waals surface area (Å²) in [5.41, 5.74) is 9.51. The lowest BCUT2D eigenvalue weighted by Crippen LogP contribution is -1.97. The van der Waals surface area contributed by atoms with Crippen molar-refractivity contribution >= 4 is 33.3 Å².